The second kappa shape index (κ2) is 43.4. The predicted molar refractivity (Wildman–Crippen MR) is 246 cm³/mol. The molecule has 0 aromatic heterocycles. The van der Waals surface area contributed by atoms with E-state index in [0.717, 1.165) is 70.8 Å². The van der Waals surface area contributed by atoms with Crippen molar-refractivity contribution < 1.29 is 33.4 Å². The third-order valence-electron chi connectivity index (χ3n) is 10.1. The molecule has 332 valence electrons. The molecule has 57 heavy (non-hydrogen) atoms. The number of aliphatic hydroxyl groups excluding tert-OH is 1. The number of amides is 1. The van der Waals surface area contributed by atoms with E-state index in [1.807, 2.05) is 14.1 Å². The van der Waals surface area contributed by atoms with Crippen LogP contribution in [0.1, 0.15) is 181 Å². The molecule has 9 heteroatoms. The zero-order chi connectivity index (χ0) is 41.2. The number of quaternary nitrogens is 1. The Labute approximate surface area is 361 Å². The Balaban J connectivity index is 0. The monoisotopic (exact) mass is 868 g/mol. The fraction of sp³-hybridized carbons (Fsp3) is 0.771. The highest BCUT2D eigenvalue weighted by molar-refractivity contribution is 8.93. The minimum absolute atomic E-state index is 0. The number of hydrogen-bond acceptors (Lipinski definition) is 6. The van der Waals surface area contributed by atoms with E-state index < -0.39 is 0 Å². The Morgan fingerprint density at radius 2 is 0.895 bits per heavy atom. The van der Waals surface area contributed by atoms with Gasteiger partial charge in [-0.1, -0.05) is 127 Å². The number of allylic oxidation sites excluding steroid dienone is 8. The topological polar surface area (TPSA) is 93.1 Å². The molecule has 0 fully saturated rings. The van der Waals surface area contributed by atoms with Gasteiger partial charge < -0.3 is 24.0 Å². The van der Waals surface area contributed by atoms with Gasteiger partial charge in [-0.3, -0.25) is 14.4 Å². The van der Waals surface area contributed by atoms with Gasteiger partial charge in [0, 0.05) is 25.7 Å². The van der Waals surface area contributed by atoms with Gasteiger partial charge in [0.05, 0.1) is 40.3 Å². The molecule has 0 heterocycles. The van der Waals surface area contributed by atoms with Gasteiger partial charge in [0.15, 0.2) is 0 Å². The number of unbranched alkanes of at least 4 members (excludes halogenated alkanes) is 16. The molecule has 0 aromatic rings. The van der Waals surface area contributed by atoms with Crippen molar-refractivity contribution in [2.24, 2.45) is 0 Å². The van der Waals surface area contributed by atoms with Crippen LogP contribution in [0.4, 0.5) is 0 Å². The van der Waals surface area contributed by atoms with E-state index in [1.54, 1.807) is 4.90 Å². The molecular formula is C48H88BrN2O6+. The summed E-state index contributed by atoms with van der Waals surface area (Å²) >= 11 is 0. The maximum absolute atomic E-state index is 13.2. The van der Waals surface area contributed by atoms with E-state index in [2.05, 4.69) is 62.5 Å². The summed E-state index contributed by atoms with van der Waals surface area (Å²) in [6, 6.07) is 0. The SMILES string of the molecule is Br.CCCCC/C=C\C/C=C\CCCCCCCC(=O)OCCN(CCOC(=O)CCCCCCC/C=C\C/C=C\CCCCC)C(=O)CCC[N+](C)(C)CCO. The lowest BCUT2D eigenvalue weighted by Gasteiger charge is -2.29. The fourth-order valence-corrected chi connectivity index (χ4v) is 6.41. The number of nitrogens with zero attached hydrogens (tertiary/aromatic N) is 2. The molecule has 0 atom stereocenters. The number of aliphatic hydroxyl groups is 1. The smallest absolute Gasteiger partial charge is 0.305 e. The average molecular weight is 869 g/mol. The van der Waals surface area contributed by atoms with Crippen LogP contribution in [0.3, 0.4) is 0 Å². The summed E-state index contributed by atoms with van der Waals surface area (Å²) in [5.74, 6) is -0.492. The lowest BCUT2D eigenvalue weighted by atomic mass is 10.1. The van der Waals surface area contributed by atoms with Crippen molar-refractivity contribution in [3.63, 3.8) is 0 Å². The van der Waals surface area contributed by atoms with Crippen molar-refractivity contribution in [3.05, 3.63) is 48.6 Å². The van der Waals surface area contributed by atoms with E-state index in [9.17, 15) is 19.5 Å². The standard InChI is InChI=1S/C48H87N2O6.BrH/c1-5-7-9-11-13-15-17-19-21-23-25-27-29-31-33-37-47(53)55-44-39-49(46(52)36-35-41-50(3,4)42-43-51)40-45-56-48(54)38-34-32-30-28-26-24-22-20-18-16-14-12-10-8-6-2;/h13-16,19-22,51H,5-12,17-18,23-45H2,1-4H3;1H/q+1;/b15-13-,16-14-,21-19-,22-20-;. The van der Waals surface area contributed by atoms with Gasteiger partial charge in [0.1, 0.15) is 19.8 Å². The molecule has 0 spiro atoms. The number of hydrogen-bond donors (Lipinski definition) is 1. The molecule has 0 radical (unpaired) electrons. The molecule has 0 aromatic carbocycles. The molecule has 0 unspecified atom stereocenters. The summed E-state index contributed by atoms with van der Waals surface area (Å²) in [7, 11) is 4.08. The number of ether oxygens (including phenoxy) is 2. The lowest BCUT2D eigenvalue weighted by molar-refractivity contribution is -0.890. The second-order valence-corrected chi connectivity index (χ2v) is 16.0. The van der Waals surface area contributed by atoms with Crippen LogP contribution in [0.5, 0.6) is 0 Å². The molecular weight excluding hydrogens is 780 g/mol. The van der Waals surface area contributed by atoms with Gasteiger partial charge in [-0.15, -0.1) is 17.0 Å². The van der Waals surface area contributed by atoms with Crippen LogP contribution in [0.2, 0.25) is 0 Å². The molecule has 1 N–H and O–H groups in total. The number of carbonyl (C=O) groups excluding carboxylic acids is 3. The summed E-state index contributed by atoms with van der Waals surface area (Å²) in [6.45, 7) is 6.81. The quantitative estimate of drug-likeness (QED) is 0.0285. The van der Waals surface area contributed by atoms with Crippen LogP contribution in [0.25, 0.3) is 0 Å². The summed E-state index contributed by atoms with van der Waals surface area (Å²) in [5, 5.41) is 9.33. The highest BCUT2D eigenvalue weighted by Gasteiger charge is 2.19. The van der Waals surface area contributed by atoms with Crippen LogP contribution in [-0.4, -0.2) is 92.4 Å². The van der Waals surface area contributed by atoms with Crippen LogP contribution < -0.4 is 0 Å². The van der Waals surface area contributed by atoms with Crippen LogP contribution in [-0.2, 0) is 23.9 Å². The third-order valence-corrected chi connectivity index (χ3v) is 10.1. The second-order valence-electron chi connectivity index (χ2n) is 16.0. The molecule has 1 amide bonds. The molecule has 8 nitrogen and oxygen atoms in total. The zero-order valence-electron chi connectivity index (χ0n) is 37.2. The number of halogens is 1. The summed E-state index contributed by atoms with van der Waals surface area (Å²) in [6.07, 6.45) is 45.0. The van der Waals surface area contributed by atoms with Crippen molar-refractivity contribution in [1.29, 1.82) is 0 Å². The summed E-state index contributed by atoms with van der Waals surface area (Å²) < 4.78 is 11.6. The Hall–Kier alpha value is -2.23. The van der Waals surface area contributed by atoms with Gasteiger partial charge >= 0.3 is 11.9 Å². The van der Waals surface area contributed by atoms with Gasteiger partial charge in [-0.25, -0.2) is 0 Å². The molecule has 0 aliphatic carbocycles. The number of carbonyl (C=O) groups is 3. The highest BCUT2D eigenvalue weighted by Crippen LogP contribution is 2.11. The molecule has 0 aliphatic rings. The van der Waals surface area contributed by atoms with Crippen molar-refractivity contribution >= 4 is 34.8 Å². The van der Waals surface area contributed by atoms with E-state index in [-0.39, 0.29) is 67.7 Å². The van der Waals surface area contributed by atoms with Gasteiger partial charge in [0.2, 0.25) is 5.91 Å². The Morgan fingerprint density at radius 1 is 0.509 bits per heavy atom. The van der Waals surface area contributed by atoms with Crippen LogP contribution in [0, 0.1) is 0 Å². The molecule has 0 aliphatic heterocycles. The minimum atomic E-state index is -0.227. The number of esters is 2. The van der Waals surface area contributed by atoms with Gasteiger partial charge in [0.25, 0.3) is 0 Å². The first-order chi connectivity index (χ1) is 27.3. The maximum atomic E-state index is 13.2. The predicted octanol–water partition coefficient (Wildman–Crippen LogP) is 12.0. The fourth-order valence-electron chi connectivity index (χ4n) is 6.41. The lowest BCUT2D eigenvalue weighted by Crippen LogP contribution is -2.43. The van der Waals surface area contributed by atoms with E-state index in [4.69, 9.17) is 9.47 Å². The van der Waals surface area contributed by atoms with Crippen molar-refractivity contribution in [2.75, 3.05) is 60.1 Å². The summed E-state index contributed by atoms with van der Waals surface area (Å²) in [5.41, 5.74) is 0. The third kappa shape index (κ3) is 41.7. The molecule has 0 rings (SSSR count). The van der Waals surface area contributed by atoms with Crippen molar-refractivity contribution in [1.82, 2.24) is 4.90 Å². The molecule has 0 bridgehead atoms. The first-order valence-corrected chi connectivity index (χ1v) is 22.9. The van der Waals surface area contributed by atoms with Crippen LogP contribution >= 0.6 is 17.0 Å². The van der Waals surface area contributed by atoms with Gasteiger partial charge in [-0.2, -0.15) is 0 Å². The first-order valence-electron chi connectivity index (χ1n) is 22.9. The highest BCUT2D eigenvalue weighted by atomic mass is 79.9. The summed E-state index contributed by atoms with van der Waals surface area (Å²) in [4.78, 5) is 39.7. The average Bonchev–Trinajstić information content (AvgIpc) is 3.17. The molecule has 0 saturated heterocycles. The normalized spacial score (nSPS) is 11.9. The van der Waals surface area contributed by atoms with E-state index >= 15 is 0 Å². The Bertz CT molecular complexity index is 994. The van der Waals surface area contributed by atoms with Crippen LogP contribution in [0.15, 0.2) is 48.6 Å². The van der Waals surface area contributed by atoms with E-state index in [0.29, 0.717) is 36.7 Å². The Morgan fingerprint density at radius 3 is 1.30 bits per heavy atom. The maximum Gasteiger partial charge on any atom is 0.305 e. The molecule has 0 saturated carbocycles. The zero-order valence-corrected chi connectivity index (χ0v) is 39.0. The van der Waals surface area contributed by atoms with Crippen molar-refractivity contribution in [2.45, 2.75) is 181 Å². The number of rotatable bonds is 40. The largest absolute Gasteiger partial charge is 0.464 e. The van der Waals surface area contributed by atoms with Gasteiger partial charge in [-0.05, 0) is 77.0 Å². The Kier molecular flexibility index (Phi) is 43.2. The minimum Gasteiger partial charge on any atom is -0.464 e. The van der Waals surface area contributed by atoms with Crippen molar-refractivity contribution in [3.8, 4) is 0 Å². The number of likely N-dealkylation sites (N-methyl/N-ethyl adjacent to an activating group) is 1. The van der Waals surface area contributed by atoms with E-state index in [1.165, 1.54) is 77.0 Å². The first kappa shape index (κ1) is 56.9.